The standard InChI is InChI=1S/C17H15N3O2S/c18-17(22)11-5-1-2-6-12(11)19-15(21)9-10-16-20-13-7-3-4-8-14(13)23-16/h1-8H,9-10H2,(H2,18,22)(H,19,21). The van der Waals surface area contributed by atoms with Crippen LogP contribution in [-0.2, 0) is 11.2 Å². The molecule has 0 aliphatic heterocycles. The second-order valence-electron chi connectivity index (χ2n) is 5.03. The minimum Gasteiger partial charge on any atom is -0.366 e. The fraction of sp³-hybridized carbons (Fsp3) is 0.118. The van der Waals surface area contributed by atoms with Crippen molar-refractivity contribution in [2.75, 3.05) is 5.32 Å². The molecule has 0 fully saturated rings. The molecule has 1 heterocycles. The molecule has 3 rings (SSSR count). The molecule has 0 spiro atoms. The van der Waals surface area contributed by atoms with Crippen molar-refractivity contribution in [2.45, 2.75) is 12.8 Å². The molecule has 3 N–H and O–H groups in total. The van der Waals surface area contributed by atoms with Gasteiger partial charge in [-0.2, -0.15) is 0 Å². The Morgan fingerprint density at radius 3 is 2.61 bits per heavy atom. The van der Waals surface area contributed by atoms with Gasteiger partial charge in [0, 0.05) is 12.8 Å². The molecule has 6 heteroatoms. The van der Waals surface area contributed by atoms with E-state index in [1.54, 1.807) is 35.6 Å². The molecule has 1 aromatic heterocycles. The normalized spacial score (nSPS) is 10.6. The molecule has 0 atom stereocenters. The number of rotatable bonds is 5. The Morgan fingerprint density at radius 1 is 1.09 bits per heavy atom. The predicted octanol–water partition coefficient (Wildman–Crippen LogP) is 2.97. The molecule has 116 valence electrons. The second-order valence-corrected chi connectivity index (χ2v) is 6.15. The van der Waals surface area contributed by atoms with Crippen LogP contribution in [-0.4, -0.2) is 16.8 Å². The first-order valence-corrected chi connectivity index (χ1v) is 7.98. The van der Waals surface area contributed by atoms with Crippen molar-refractivity contribution in [1.82, 2.24) is 4.98 Å². The third kappa shape index (κ3) is 3.54. The summed E-state index contributed by atoms with van der Waals surface area (Å²) in [4.78, 5) is 27.9. The summed E-state index contributed by atoms with van der Waals surface area (Å²) in [6, 6.07) is 14.6. The van der Waals surface area contributed by atoms with Gasteiger partial charge in [0.15, 0.2) is 0 Å². The van der Waals surface area contributed by atoms with Crippen molar-refractivity contribution in [3.63, 3.8) is 0 Å². The van der Waals surface area contributed by atoms with Gasteiger partial charge in [0.25, 0.3) is 5.91 Å². The van der Waals surface area contributed by atoms with Crippen molar-refractivity contribution in [1.29, 1.82) is 0 Å². The lowest BCUT2D eigenvalue weighted by Gasteiger charge is -2.08. The van der Waals surface area contributed by atoms with E-state index < -0.39 is 5.91 Å². The largest absolute Gasteiger partial charge is 0.366 e. The number of carbonyl (C=O) groups excluding carboxylic acids is 2. The lowest BCUT2D eigenvalue weighted by molar-refractivity contribution is -0.116. The number of primary amides is 1. The maximum absolute atomic E-state index is 12.1. The number of amides is 2. The van der Waals surface area contributed by atoms with E-state index in [9.17, 15) is 9.59 Å². The number of hydrogen-bond donors (Lipinski definition) is 2. The molecular weight excluding hydrogens is 310 g/mol. The number of nitrogens with one attached hydrogen (secondary N) is 1. The van der Waals surface area contributed by atoms with Gasteiger partial charge < -0.3 is 11.1 Å². The summed E-state index contributed by atoms with van der Waals surface area (Å²) >= 11 is 1.59. The van der Waals surface area contributed by atoms with Gasteiger partial charge in [-0.3, -0.25) is 9.59 Å². The Morgan fingerprint density at radius 2 is 1.83 bits per heavy atom. The Bertz CT molecular complexity index is 840. The Hall–Kier alpha value is -2.73. The summed E-state index contributed by atoms with van der Waals surface area (Å²) in [5.74, 6) is -0.731. The lowest BCUT2D eigenvalue weighted by Crippen LogP contribution is -2.18. The molecule has 3 aromatic rings. The van der Waals surface area contributed by atoms with Crippen LogP contribution >= 0.6 is 11.3 Å². The maximum atomic E-state index is 12.1. The number of hydrogen-bond acceptors (Lipinski definition) is 4. The molecule has 0 unspecified atom stereocenters. The highest BCUT2D eigenvalue weighted by molar-refractivity contribution is 7.18. The van der Waals surface area contributed by atoms with Gasteiger partial charge >= 0.3 is 0 Å². The van der Waals surface area contributed by atoms with Crippen LogP contribution < -0.4 is 11.1 Å². The van der Waals surface area contributed by atoms with Gasteiger partial charge in [0.05, 0.1) is 26.5 Å². The van der Waals surface area contributed by atoms with E-state index in [2.05, 4.69) is 10.3 Å². The fourth-order valence-electron chi connectivity index (χ4n) is 2.27. The van der Waals surface area contributed by atoms with Crippen LogP contribution in [0.4, 0.5) is 5.69 Å². The minimum absolute atomic E-state index is 0.169. The van der Waals surface area contributed by atoms with E-state index >= 15 is 0 Å². The van der Waals surface area contributed by atoms with Gasteiger partial charge in [0.1, 0.15) is 0 Å². The molecular formula is C17H15N3O2S. The van der Waals surface area contributed by atoms with E-state index in [4.69, 9.17) is 5.73 Å². The average molecular weight is 325 g/mol. The number of nitrogens with two attached hydrogens (primary N) is 1. The quantitative estimate of drug-likeness (QED) is 0.756. The first-order chi connectivity index (χ1) is 11.1. The van der Waals surface area contributed by atoms with Crippen LogP contribution in [0.1, 0.15) is 21.8 Å². The van der Waals surface area contributed by atoms with Crippen molar-refractivity contribution in [3.05, 3.63) is 59.1 Å². The van der Waals surface area contributed by atoms with E-state index in [1.807, 2.05) is 24.3 Å². The summed E-state index contributed by atoms with van der Waals surface area (Å²) in [6.45, 7) is 0. The predicted molar refractivity (Wildman–Crippen MR) is 91.5 cm³/mol. The summed E-state index contributed by atoms with van der Waals surface area (Å²) in [5.41, 5.74) is 7.00. The monoisotopic (exact) mass is 325 g/mol. The summed E-state index contributed by atoms with van der Waals surface area (Å²) in [6.07, 6.45) is 0.858. The molecule has 2 amide bonds. The lowest BCUT2D eigenvalue weighted by atomic mass is 10.1. The molecule has 5 nitrogen and oxygen atoms in total. The summed E-state index contributed by atoms with van der Waals surface area (Å²) in [7, 11) is 0. The van der Waals surface area contributed by atoms with E-state index in [0.29, 0.717) is 24.1 Å². The summed E-state index contributed by atoms with van der Waals surface area (Å²) < 4.78 is 1.11. The van der Waals surface area contributed by atoms with Gasteiger partial charge in [-0.25, -0.2) is 4.98 Å². The van der Waals surface area contributed by atoms with Crippen LogP contribution in [0.15, 0.2) is 48.5 Å². The van der Waals surface area contributed by atoms with Gasteiger partial charge in [-0.05, 0) is 24.3 Å². The highest BCUT2D eigenvalue weighted by Crippen LogP contribution is 2.22. The van der Waals surface area contributed by atoms with E-state index in [-0.39, 0.29) is 5.91 Å². The molecule has 0 aliphatic rings. The van der Waals surface area contributed by atoms with E-state index in [0.717, 1.165) is 15.2 Å². The number of carbonyl (C=O) groups is 2. The Kier molecular flexibility index (Phi) is 4.34. The molecule has 0 saturated carbocycles. The topological polar surface area (TPSA) is 85.1 Å². The van der Waals surface area contributed by atoms with Crippen LogP contribution in [0, 0.1) is 0 Å². The van der Waals surface area contributed by atoms with Crippen molar-refractivity contribution < 1.29 is 9.59 Å². The highest BCUT2D eigenvalue weighted by atomic mass is 32.1. The zero-order valence-electron chi connectivity index (χ0n) is 12.3. The van der Waals surface area contributed by atoms with E-state index in [1.165, 1.54) is 0 Å². The van der Waals surface area contributed by atoms with Crippen LogP contribution in [0.2, 0.25) is 0 Å². The SMILES string of the molecule is NC(=O)c1ccccc1NC(=O)CCc1nc2ccccc2s1. The number of anilines is 1. The zero-order chi connectivity index (χ0) is 16.2. The number of aromatic nitrogens is 1. The maximum Gasteiger partial charge on any atom is 0.250 e. The smallest absolute Gasteiger partial charge is 0.250 e. The zero-order valence-corrected chi connectivity index (χ0v) is 13.1. The number of nitrogens with zero attached hydrogens (tertiary/aromatic N) is 1. The van der Waals surface area contributed by atoms with Crippen LogP contribution in [0.5, 0.6) is 0 Å². The van der Waals surface area contributed by atoms with Crippen molar-refractivity contribution in [2.24, 2.45) is 5.73 Å². The number of aryl methyl sites for hydroxylation is 1. The molecule has 23 heavy (non-hydrogen) atoms. The molecule has 0 radical (unpaired) electrons. The van der Waals surface area contributed by atoms with Gasteiger partial charge in [-0.1, -0.05) is 24.3 Å². The Balaban J connectivity index is 1.65. The third-order valence-corrected chi connectivity index (χ3v) is 4.47. The Labute approximate surface area is 137 Å². The number of benzene rings is 2. The molecule has 2 aromatic carbocycles. The van der Waals surface area contributed by atoms with Crippen LogP contribution in [0.25, 0.3) is 10.2 Å². The third-order valence-electron chi connectivity index (χ3n) is 3.37. The second kappa shape index (κ2) is 6.58. The first-order valence-electron chi connectivity index (χ1n) is 7.16. The number of para-hydroxylation sites is 2. The fourth-order valence-corrected chi connectivity index (χ4v) is 3.23. The molecule has 0 aliphatic carbocycles. The molecule has 0 saturated heterocycles. The first kappa shape index (κ1) is 15.2. The number of thiazole rings is 1. The van der Waals surface area contributed by atoms with Crippen molar-refractivity contribution in [3.8, 4) is 0 Å². The van der Waals surface area contributed by atoms with Gasteiger partial charge in [-0.15, -0.1) is 11.3 Å². The van der Waals surface area contributed by atoms with Crippen LogP contribution in [0.3, 0.4) is 0 Å². The highest BCUT2D eigenvalue weighted by Gasteiger charge is 2.11. The minimum atomic E-state index is -0.563. The number of fused-ring (bicyclic) bond motifs is 1. The van der Waals surface area contributed by atoms with Gasteiger partial charge in [0.2, 0.25) is 5.91 Å². The van der Waals surface area contributed by atoms with Crippen molar-refractivity contribution >= 4 is 39.1 Å². The summed E-state index contributed by atoms with van der Waals surface area (Å²) in [5, 5.41) is 3.65. The average Bonchev–Trinajstić information content (AvgIpc) is 2.96. The molecule has 0 bridgehead atoms.